The second-order valence-corrected chi connectivity index (χ2v) is 5.38. The van der Waals surface area contributed by atoms with Crippen LogP contribution >= 0.6 is 15.9 Å². The number of ether oxygens (including phenoxy) is 2. The summed E-state index contributed by atoms with van der Waals surface area (Å²) in [4.78, 5) is 13.3. The molecule has 1 aliphatic rings. The fraction of sp³-hybridized carbons (Fsp3) is 0.500. The lowest BCUT2D eigenvalue weighted by atomic mass is 10.1. The van der Waals surface area contributed by atoms with Crippen molar-refractivity contribution < 1.29 is 14.3 Å². The van der Waals surface area contributed by atoms with Crippen molar-refractivity contribution in [2.45, 2.75) is 25.9 Å². The molecule has 2 rings (SSSR count). The van der Waals surface area contributed by atoms with Gasteiger partial charge in [0.25, 0.3) is 0 Å². The average molecular weight is 328 g/mol. The van der Waals surface area contributed by atoms with Crippen LogP contribution in [0, 0.1) is 0 Å². The van der Waals surface area contributed by atoms with Crippen LogP contribution in [0.4, 0.5) is 4.79 Å². The molecule has 104 valence electrons. The Balaban J connectivity index is 1.82. The molecule has 0 spiro atoms. The number of amides is 1. The van der Waals surface area contributed by atoms with Crippen LogP contribution in [-0.4, -0.2) is 36.8 Å². The van der Waals surface area contributed by atoms with Gasteiger partial charge in [-0.05, 0) is 25.1 Å². The summed E-state index contributed by atoms with van der Waals surface area (Å²) in [5, 5.41) is 0. The lowest BCUT2D eigenvalue weighted by molar-refractivity contribution is 0.0703. The van der Waals surface area contributed by atoms with Gasteiger partial charge in [-0.25, -0.2) is 4.79 Å². The Kier molecular flexibility index (Phi) is 5.07. The van der Waals surface area contributed by atoms with Crippen LogP contribution in [0.15, 0.2) is 28.7 Å². The molecule has 0 atom stereocenters. The Morgan fingerprint density at radius 2 is 2.16 bits per heavy atom. The molecule has 1 heterocycles. The van der Waals surface area contributed by atoms with E-state index in [0.717, 1.165) is 23.1 Å². The van der Waals surface area contributed by atoms with Gasteiger partial charge in [-0.1, -0.05) is 22.0 Å². The van der Waals surface area contributed by atoms with Gasteiger partial charge < -0.3 is 14.4 Å². The van der Waals surface area contributed by atoms with Crippen LogP contribution in [0.1, 0.15) is 19.8 Å². The van der Waals surface area contributed by atoms with Crippen LogP contribution in [-0.2, 0) is 4.74 Å². The summed E-state index contributed by atoms with van der Waals surface area (Å²) in [6, 6.07) is 7.82. The molecule has 0 bridgehead atoms. The van der Waals surface area contributed by atoms with Gasteiger partial charge in [0.1, 0.15) is 11.9 Å². The maximum absolute atomic E-state index is 11.6. The van der Waals surface area contributed by atoms with Crippen molar-refractivity contribution in [3.05, 3.63) is 28.7 Å². The smallest absolute Gasteiger partial charge is 0.409 e. The second-order valence-electron chi connectivity index (χ2n) is 4.46. The maximum Gasteiger partial charge on any atom is 0.409 e. The van der Waals surface area contributed by atoms with Gasteiger partial charge in [-0.3, -0.25) is 0 Å². The normalized spacial score (nSPS) is 16.2. The predicted octanol–water partition coefficient (Wildman–Crippen LogP) is 3.45. The minimum absolute atomic E-state index is 0.167. The van der Waals surface area contributed by atoms with E-state index in [1.54, 1.807) is 4.90 Å². The molecule has 0 unspecified atom stereocenters. The fourth-order valence-electron chi connectivity index (χ4n) is 2.10. The lowest BCUT2D eigenvalue weighted by Gasteiger charge is -2.31. The van der Waals surface area contributed by atoms with Crippen LogP contribution in [0.25, 0.3) is 0 Å². The molecule has 0 N–H and O–H groups in total. The zero-order valence-corrected chi connectivity index (χ0v) is 12.6. The largest absolute Gasteiger partial charge is 0.490 e. The van der Waals surface area contributed by atoms with Crippen molar-refractivity contribution in [2.75, 3.05) is 19.7 Å². The van der Waals surface area contributed by atoms with Crippen molar-refractivity contribution in [1.29, 1.82) is 0 Å². The Hall–Kier alpha value is -1.23. The summed E-state index contributed by atoms with van der Waals surface area (Å²) < 4.78 is 11.9. The summed E-state index contributed by atoms with van der Waals surface area (Å²) in [5.41, 5.74) is 0. The molecule has 5 heteroatoms. The van der Waals surface area contributed by atoms with Crippen LogP contribution in [0.3, 0.4) is 0 Å². The van der Waals surface area contributed by atoms with Crippen molar-refractivity contribution in [2.24, 2.45) is 0 Å². The van der Waals surface area contributed by atoms with Gasteiger partial charge in [-0.2, -0.15) is 0 Å². The first-order chi connectivity index (χ1) is 9.19. The summed E-state index contributed by atoms with van der Waals surface area (Å²) >= 11 is 3.42. The maximum atomic E-state index is 11.6. The molecule has 1 aromatic rings. The number of carbonyl (C=O) groups excluding carboxylic acids is 1. The van der Waals surface area contributed by atoms with Gasteiger partial charge in [0.15, 0.2) is 0 Å². The molecule has 1 amide bonds. The number of hydrogen-bond acceptors (Lipinski definition) is 3. The first-order valence-electron chi connectivity index (χ1n) is 6.53. The number of hydrogen-bond donors (Lipinski definition) is 0. The van der Waals surface area contributed by atoms with E-state index in [-0.39, 0.29) is 12.2 Å². The van der Waals surface area contributed by atoms with E-state index in [9.17, 15) is 4.79 Å². The quantitative estimate of drug-likeness (QED) is 0.853. The molecular weight excluding hydrogens is 310 g/mol. The van der Waals surface area contributed by atoms with Crippen LogP contribution in [0.5, 0.6) is 5.75 Å². The van der Waals surface area contributed by atoms with E-state index in [0.29, 0.717) is 19.7 Å². The molecule has 1 aliphatic heterocycles. The molecule has 0 radical (unpaired) electrons. The van der Waals surface area contributed by atoms with Crippen LogP contribution < -0.4 is 4.74 Å². The molecule has 0 aliphatic carbocycles. The predicted molar refractivity (Wildman–Crippen MR) is 76.4 cm³/mol. The van der Waals surface area contributed by atoms with E-state index in [1.165, 1.54) is 0 Å². The summed E-state index contributed by atoms with van der Waals surface area (Å²) in [5.74, 6) is 0.865. The molecule has 1 fully saturated rings. The Labute approximate surface area is 121 Å². The number of rotatable bonds is 3. The highest BCUT2D eigenvalue weighted by Crippen LogP contribution is 2.22. The Morgan fingerprint density at radius 1 is 1.42 bits per heavy atom. The van der Waals surface area contributed by atoms with Crippen LogP contribution in [0.2, 0.25) is 0 Å². The van der Waals surface area contributed by atoms with Gasteiger partial charge in [-0.15, -0.1) is 0 Å². The molecular formula is C14H18BrNO3. The standard InChI is InChI=1S/C14H18BrNO3/c1-2-18-14(17)16-8-6-12(7-9-16)19-13-5-3-4-11(15)10-13/h3-5,10,12H,2,6-9H2,1H3. The highest BCUT2D eigenvalue weighted by Gasteiger charge is 2.24. The van der Waals surface area contributed by atoms with Crippen molar-refractivity contribution in [3.63, 3.8) is 0 Å². The van der Waals surface area contributed by atoms with E-state index in [1.807, 2.05) is 31.2 Å². The average Bonchev–Trinajstić information content (AvgIpc) is 2.40. The number of nitrogens with zero attached hydrogens (tertiary/aromatic N) is 1. The van der Waals surface area contributed by atoms with E-state index in [2.05, 4.69) is 15.9 Å². The van der Waals surface area contributed by atoms with Gasteiger partial charge >= 0.3 is 6.09 Å². The van der Waals surface area contributed by atoms with Gasteiger partial charge in [0.05, 0.1) is 6.61 Å². The number of carbonyl (C=O) groups is 1. The highest BCUT2D eigenvalue weighted by atomic mass is 79.9. The minimum Gasteiger partial charge on any atom is -0.490 e. The lowest BCUT2D eigenvalue weighted by Crippen LogP contribution is -2.42. The number of halogens is 1. The summed E-state index contributed by atoms with van der Waals surface area (Å²) in [6.45, 7) is 3.63. The third-order valence-corrected chi connectivity index (χ3v) is 3.56. The second kappa shape index (κ2) is 6.80. The minimum atomic E-state index is -0.219. The molecule has 4 nitrogen and oxygen atoms in total. The third-order valence-electron chi connectivity index (χ3n) is 3.07. The van der Waals surface area contributed by atoms with Gasteiger partial charge in [0, 0.05) is 30.4 Å². The van der Waals surface area contributed by atoms with Crippen molar-refractivity contribution in [1.82, 2.24) is 4.90 Å². The van der Waals surface area contributed by atoms with E-state index >= 15 is 0 Å². The topological polar surface area (TPSA) is 38.8 Å². The fourth-order valence-corrected chi connectivity index (χ4v) is 2.48. The number of piperidine rings is 1. The van der Waals surface area contributed by atoms with E-state index < -0.39 is 0 Å². The Bertz CT molecular complexity index is 430. The highest BCUT2D eigenvalue weighted by molar-refractivity contribution is 9.10. The SMILES string of the molecule is CCOC(=O)N1CCC(Oc2cccc(Br)c2)CC1. The zero-order valence-electron chi connectivity index (χ0n) is 11.0. The zero-order chi connectivity index (χ0) is 13.7. The number of benzene rings is 1. The third kappa shape index (κ3) is 4.13. The molecule has 19 heavy (non-hydrogen) atoms. The van der Waals surface area contributed by atoms with Gasteiger partial charge in [0.2, 0.25) is 0 Å². The molecule has 1 saturated heterocycles. The summed E-state index contributed by atoms with van der Waals surface area (Å²) in [6.07, 6.45) is 1.62. The monoisotopic (exact) mass is 327 g/mol. The molecule has 1 aromatic carbocycles. The number of likely N-dealkylation sites (tertiary alicyclic amines) is 1. The molecule has 0 aromatic heterocycles. The Morgan fingerprint density at radius 3 is 2.79 bits per heavy atom. The first kappa shape index (κ1) is 14.2. The van der Waals surface area contributed by atoms with Crippen molar-refractivity contribution >= 4 is 22.0 Å². The molecule has 0 saturated carbocycles. The first-order valence-corrected chi connectivity index (χ1v) is 7.32. The summed E-state index contributed by atoms with van der Waals surface area (Å²) in [7, 11) is 0. The van der Waals surface area contributed by atoms with Crippen molar-refractivity contribution in [3.8, 4) is 5.75 Å². The van der Waals surface area contributed by atoms with E-state index in [4.69, 9.17) is 9.47 Å².